The number of carbonyl (C=O) groups is 1. The highest BCUT2D eigenvalue weighted by Gasteiger charge is 2.17. The molecule has 2 N–H and O–H groups in total. The zero-order chi connectivity index (χ0) is 12.6. The Kier molecular flexibility index (Phi) is 8.15. The van der Waals surface area contributed by atoms with Crippen molar-refractivity contribution in [1.29, 1.82) is 0 Å². The van der Waals surface area contributed by atoms with Crippen LogP contribution in [0.3, 0.4) is 0 Å². The fourth-order valence-corrected chi connectivity index (χ4v) is 1.52. The highest BCUT2D eigenvalue weighted by molar-refractivity contribution is 5.73. The first-order chi connectivity index (χ1) is 7.52. The van der Waals surface area contributed by atoms with Crippen LogP contribution in [0.15, 0.2) is 0 Å². The van der Waals surface area contributed by atoms with E-state index in [1.807, 2.05) is 0 Å². The molecule has 0 aromatic rings. The molecule has 0 amide bonds. The van der Waals surface area contributed by atoms with Crippen LogP contribution in [0.5, 0.6) is 0 Å². The first-order valence-corrected chi connectivity index (χ1v) is 5.66. The van der Waals surface area contributed by atoms with Gasteiger partial charge in [-0.25, -0.2) is 0 Å². The molecular formula is C11H24N2O3. The molecule has 0 rings (SSSR count). The van der Waals surface area contributed by atoms with Crippen molar-refractivity contribution in [3.05, 3.63) is 0 Å². The Bertz CT molecular complexity index is 198. The lowest BCUT2D eigenvalue weighted by Gasteiger charge is -2.27. The molecule has 0 aliphatic heterocycles. The number of hydrogen-bond acceptors (Lipinski definition) is 4. The number of hydrogen-bond donors (Lipinski definition) is 2. The first-order valence-electron chi connectivity index (χ1n) is 5.66. The fraction of sp³-hybridized carbons (Fsp3) is 0.909. The summed E-state index contributed by atoms with van der Waals surface area (Å²) >= 11 is 0. The maximum absolute atomic E-state index is 10.8. The summed E-state index contributed by atoms with van der Waals surface area (Å²) in [5, 5.41) is 11.7. The van der Waals surface area contributed by atoms with Gasteiger partial charge in [-0.05, 0) is 27.3 Å². The number of rotatable bonds is 9. The Morgan fingerprint density at radius 3 is 2.44 bits per heavy atom. The van der Waals surface area contributed by atoms with Crippen LogP contribution in [0, 0.1) is 0 Å². The van der Waals surface area contributed by atoms with Gasteiger partial charge in [-0.3, -0.25) is 9.69 Å². The molecule has 0 radical (unpaired) electrons. The van der Waals surface area contributed by atoms with Gasteiger partial charge < -0.3 is 15.2 Å². The van der Waals surface area contributed by atoms with Crippen molar-refractivity contribution in [2.45, 2.75) is 32.4 Å². The van der Waals surface area contributed by atoms with E-state index < -0.39 is 12.0 Å². The van der Waals surface area contributed by atoms with Gasteiger partial charge in [0.2, 0.25) is 0 Å². The Hall–Kier alpha value is -0.650. The Morgan fingerprint density at radius 1 is 1.44 bits per heavy atom. The van der Waals surface area contributed by atoms with Gasteiger partial charge in [0.05, 0.1) is 6.61 Å². The number of nitrogens with one attached hydrogen (secondary N) is 1. The summed E-state index contributed by atoms with van der Waals surface area (Å²) in [7, 11) is 3.35. The monoisotopic (exact) mass is 232 g/mol. The molecule has 0 bridgehead atoms. The molecule has 5 heteroatoms. The highest BCUT2D eigenvalue weighted by atomic mass is 16.5. The molecule has 0 spiro atoms. The molecule has 0 aliphatic rings. The normalized spacial score (nSPS) is 13.4. The molecule has 0 fully saturated rings. The van der Waals surface area contributed by atoms with Crippen molar-refractivity contribution in [2.75, 3.05) is 33.9 Å². The van der Waals surface area contributed by atoms with Crippen molar-refractivity contribution >= 4 is 5.97 Å². The topological polar surface area (TPSA) is 61.8 Å². The molecule has 1 atom stereocenters. The maximum Gasteiger partial charge on any atom is 0.320 e. The van der Waals surface area contributed by atoms with Gasteiger partial charge >= 0.3 is 5.97 Å². The molecule has 0 aromatic heterocycles. The third kappa shape index (κ3) is 6.05. The summed E-state index contributed by atoms with van der Waals surface area (Å²) in [5.41, 5.74) is 0. The molecule has 96 valence electrons. The summed E-state index contributed by atoms with van der Waals surface area (Å²) in [6.07, 6.45) is 0.605. The lowest BCUT2D eigenvalue weighted by atomic mass is 10.2. The van der Waals surface area contributed by atoms with Crippen LogP contribution in [0.1, 0.15) is 20.3 Å². The van der Waals surface area contributed by atoms with Crippen LogP contribution in [0.25, 0.3) is 0 Å². The number of likely N-dealkylation sites (N-methyl/N-ethyl adjacent to an activating group) is 1. The molecule has 16 heavy (non-hydrogen) atoms. The second kappa shape index (κ2) is 8.50. The van der Waals surface area contributed by atoms with Crippen LogP contribution in [0.2, 0.25) is 0 Å². The van der Waals surface area contributed by atoms with E-state index in [-0.39, 0.29) is 0 Å². The van der Waals surface area contributed by atoms with E-state index in [0.29, 0.717) is 19.1 Å². The van der Waals surface area contributed by atoms with Crippen LogP contribution >= 0.6 is 0 Å². The lowest BCUT2D eigenvalue weighted by molar-refractivity contribution is -0.139. The summed E-state index contributed by atoms with van der Waals surface area (Å²) in [4.78, 5) is 13.0. The van der Waals surface area contributed by atoms with Gasteiger partial charge in [-0.15, -0.1) is 0 Å². The average Bonchev–Trinajstić information content (AvgIpc) is 2.22. The van der Waals surface area contributed by atoms with Crippen molar-refractivity contribution in [3.8, 4) is 0 Å². The average molecular weight is 232 g/mol. The minimum Gasteiger partial charge on any atom is -0.480 e. The van der Waals surface area contributed by atoms with Crippen molar-refractivity contribution in [2.24, 2.45) is 0 Å². The van der Waals surface area contributed by atoms with E-state index in [2.05, 4.69) is 24.1 Å². The SMILES string of the molecule is CNC(CCN(CCOC)C(C)C)C(=O)O. The largest absolute Gasteiger partial charge is 0.480 e. The third-order valence-corrected chi connectivity index (χ3v) is 2.66. The van der Waals surface area contributed by atoms with Crippen molar-refractivity contribution < 1.29 is 14.6 Å². The van der Waals surface area contributed by atoms with Gasteiger partial charge in [0.15, 0.2) is 0 Å². The minimum atomic E-state index is -0.794. The van der Waals surface area contributed by atoms with Gasteiger partial charge in [0, 0.05) is 26.2 Å². The summed E-state index contributed by atoms with van der Waals surface area (Å²) in [5.74, 6) is -0.794. The van der Waals surface area contributed by atoms with Crippen LogP contribution < -0.4 is 5.32 Å². The number of methoxy groups -OCH3 is 1. The van der Waals surface area contributed by atoms with E-state index >= 15 is 0 Å². The predicted octanol–water partition coefficient (Wildman–Crippen LogP) is 0.406. The van der Waals surface area contributed by atoms with E-state index in [9.17, 15) is 4.79 Å². The molecule has 0 heterocycles. The van der Waals surface area contributed by atoms with Crippen LogP contribution in [0.4, 0.5) is 0 Å². The number of ether oxygens (including phenoxy) is 1. The minimum absolute atomic E-state index is 0.404. The number of nitrogens with zero attached hydrogens (tertiary/aromatic N) is 1. The predicted molar refractivity (Wildman–Crippen MR) is 63.7 cm³/mol. The van der Waals surface area contributed by atoms with E-state index in [4.69, 9.17) is 9.84 Å². The van der Waals surface area contributed by atoms with Crippen LogP contribution in [-0.4, -0.2) is 61.9 Å². The third-order valence-electron chi connectivity index (χ3n) is 2.66. The second-order valence-corrected chi connectivity index (χ2v) is 4.09. The lowest BCUT2D eigenvalue weighted by Crippen LogP contribution is -2.41. The quantitative estimate of drug-likeness (QED) is 0.603. The van der Waals surface area contributed by atoms with Crippen LogP contribution in [-0.2, 0) is 9.53 Å². The Balaban J connectivity index is 4.04. The molecule has 1 unspecified atom stereocenters. The van der Waals surface area contributed by atoms with Gasteiger partial charge in [-0.1, -0.05) is 0 Å². The fourth-order valence-electron chi connectivity index (χ4n) is 1.52. The standard InChI is InChI=1S/C11H24N2O3/c1-9(2)13(7-8-16-4)6-5-10(12-3)11(14)15/h9-10,12H,5-8H2,1-4H3,(H,14,15). The van der Waals surface area contributed by atoms with Crippen molar-refractivity contribution in [3.63, 3.8) is 0 Å². The van der Waals surface area contributed by atoms with E-state index in [1.54, 1.807) is 14.2 Å². The van der Waals surface area contributed by atoms with E-state index in [1.165, 1.54) is 0 Å². The Labute approximate surface area is 97.8 Å². The number of carboxylic acid groups (broad SMARTS) is 1. The number of carboxylic acids is 1. The molecular weight excluding hydrogens is 208 g/mol. The first kappa shape index (κ1) is 15.3. The molecule has 0 aliphatic carbocycles. The highest BCUT2D eigenvalue weighted by Crippen LogP contribution is 2.02. The number of aliphatic carboxylic acids is 1. The summed E-state index contributed by atoms with van der Waals surface area (Å²) < 4.78 is 5.03. The van der Waals surface area contributed by atoms with Crippen molar-refractivity contribution in [1.82, 2.24) is 10.2 Å². The van der Waals surface area contributed by atoms with E-state index in [0.717, 1.165) is 13.1 Å². The molecule has 0 saturated carbocycles. The van der Waals surface area contributed by atoms with Gasteiger partial charge in [0.25, 0.3) is 0 Å². The molecule has 0 aromatic carbocycles. The second-order valence-electron chi connectivity index (χ2n) is 4.09. The molecule has 0 saturated heterocycles. The van der Waals surface area contributed by atoms with Gasteiger partial charge in [0.1, 0.15) is 6.04 Å². The Morgan fingerprint density at radius 2 is 2.06 bits per heavy atom. The summed E-state index contributed by atoms with van der Waals surface area (Å²) in [6, 6.07) is -0.0646. The maximum atomic E-state index is 10.8. The van der Waals surface area contributed by atoms with Gasteiger partial charge in [-0.2, -0.15) is 0 Å². The zero-order valence-electron chi connectivity index (χ0n) is 10.7. The molecule has 5 nitrogen and oxygen atoms in total. The zero-order valence-corrected chi connectivity index (χ0v) is 10.7. The summed E-state index contributed by atoms with van der Waals surface area (Å²) in [6.45, 7) is 6.48. The smallest absolute Gasteiger partial charge is 0.320 e.